The molecule has 2 aromatic rings. The molecule has 0 aliphatic carbocycles. The Morgan fingerprint density at radius 1 is 1.25 bits per heavy atom. The van der Waals surface area contributed by atoms with Gasteiger partial charge in [0.2, 0.25) is 0 Å². The molecular formula is C13H16N2O. The molecule has 0 saturated carbocycles. The maximum atomic E-state index is 9.79. The molecule has 1 atom stereocenters. The second-order valence-electron chi connectivity index (χ2n) is 3.87. The number of H-pyrrole nitrogens is 1. The van der Waals surface area contributed by atoms with Crippen molar-refractivity contribution in [2.75, 3.05) is 0 Å². The molecule has 0 radical (unpaired) electrons. The summed E-state index contributed by atoms with van der Waals surface area (Å²) < 4.78 is 0. The van der Waals surface area contributed by atoms with E-state index >= 15 is 0 Å². The summed E-state index contributed by atoms with van der Waals surface area (Å²) in [6.07, 6.45) is 5.62. The number of nitrogens with zero attached hydrogens (tertiary/aromatic N) is 1. The van der Waals surface area contributed by atoms with E-state index in [2.05, 4.69) is 22.1 Å². The Labute approximate surface area is 95.2 Å². The molecule has 3 heteroatoms. The minimum absolute atomic E-state index is 0.473. The molecule has 0 fully saturated rings. The predicted octanol–water partition coefficient (Wildman–Crippen LogP) is 2.47. The summed E-state index contributed by atoms with van der Waals surface area (Å²) in [6, 6.07) is 10.3. The van der Waals surface area contributed by atoms with E-state index in [4.69, 9.17) is 0 Å². The lowest BCUT2D eigenvalue weighted by Crippen LogP contribution is -2.00. The number of aryl methyl sites for hydroxylation is 1. The number of aromatic amines is 1. The van der Waals surface area contributed by atoms with Crippen LogP contribution < -0.4 is 0 Å². The smallest absolute Gasteiger partial charge is 0.134 e. The average Bonchev–Trinajstić information content (AvgIpc) is 2.84. The highest BCUT2D eigenvalue weighted by molar-refractivity contribution is 5.14. The number of hydrogen-bond donors (Lipinski definition) is 2. The first-order valence-electron chi connectivity index (χ1n) is 5.57. The molecule has 1 unspecified atom stereocenters. The lowest BCUT2D eigenvalue weighted by Gasteiger charge is -2.07. The zero-order valence-electron chi connectivity index (χ0n) is 9.13. The third-order valence-electron chi connectivity index (χ3n) is 2.62. The van der Waals surface area contributed by atoms with Gasteiger partial charge in [0.05, 0.1) is 0 Å². The molecule has 0 bridgehead atoms. The minimum atomic E-state index is -0.473. The molecule has 16 heavy (non-hydrogen) atoms. The van der Waals surface area contributed by atoms with Crippen molar-refractivity contribution in [3.05, 3.63) is 54.1 Å². The SMILES string of the molecule is OC(CCCc1ccccc1)c1ncc[nH]1. The molecule has 2 N–H and O–H groups in total. The molecule has 1 aromatic heterocycles. The van der Waals surface area contributed by atoms with Gasteiger partial charge in [0.1, 0.15) is 11.9 Å². The van der Waals surface area contributed by atoms with Crippen LogP contribution in [-0.2, 0) is 6.42 Å². The van der Waals surface area contributed by atoms with Crippen LogP contribution in [0.4, 0.5) is 0 Å². The molecule has 84 valence electrons. The fourth-order valence-corrected chi connectivity index (χ4v) is 1.74. The number of rotatable bonds is 5. The number of nitrogens with one attached hydrogen (secondary N) is 1. The Kier molecular flexibility index (Phi) is 3.72. The Balaban J connectivity index is 1.76. The van der Waals surface area contributed by atoms with Gasteiger partial charge in [-0.1, -0.05) is 30.3 Å². The molecule has 3 nitrogen and oxygen atoms in total. The van der Waals surface area contributed by atoms with Gasteiger partial charge in [0.25, 0.3) is 0 Å². The highest BCUT2D eigenvalue weighted by atomic mass is 16.3. The van der Waals surface area contributed by atoms with E-state index in [0.29, 0.717) is 5.82 Å². The summed E-state index contributed by atoms with van der Waals surface area (Å²) >= 11 is 0. The second-order valence-corrected chi connectivity index (χ2v) is 3.87. The Morgan fingerprint density at radius 2 is 2.06 bits per heavy atom. The largest absolute Gasteiger partial charge is 0.385 e. The summed E-state index contributed by atoms with van der Waals surface area (Å²) in [6.45, 7) is 0. The molecule has 1 aromatic carbocycles. The van der Waals surface area contributed by atoms with Gasteiger partial charge in [0, 0.05) is 12.4 Å². The van der Waals surface area contributed by atoms with E-state index in [1.165, 1.54) is 5.56 Å². The topological polar surface area (TPSA) is 48.9 Å². The second kappa shape index (κ2) is 5.47. The molecule has 0 saturated heterocycles. The van der Waals surface area contributed by atoms with Crippen molar-refractivity contribution in [1.82, 2.24) is 9.97 Å². The molecular weight excluding hydrogens is 200 g/mol. The fraction of sp³-hybridized carbons (Fsp3) is 0.308. The maximum Gasteiger partial charge on any atom is 0.134 e. The highest BCUT2D eigenvalue weighted by Gasteiger charge is 2.08. The zero-order valence-corrected chi connectivity index (χ0v) is 9.13. The van der Waals surface area contributed by atoms with Crippen LogP contribution in [0.2, 0.25) is 0 Å². The molecule has 0 amide bonds. The normalized spacial score (nSPS) is 12.6. The van der Waals surface area contributed by atoms with Crippen LogP contribution in [0.25, 0.3) is 0 Å². The first-order chi connectivity index (χ1) is 7.86. The van der Waals surface area contributed by atoms with Crippen LogP contribution in [0.5, 0.6) is 0 Å². The summed E-state index contributed by atoms with van der Waals surface area (Å²) in [7, 11) is 0. The molecule has 2 rings (SSSR count). The van der Waals surface area contributed by atoms with Crippen LogP contribution in [0.1, 0.15) is 30.3 Å². The quantitative estimate of drug-likeness (QED) is 0.806. The van der Waals surface area contributed by atoms with Crippen molar-refractivity contribution in [3.63, 3.8) is 0 Å². The van der Waals surface area contributed by atoms with Gasteiger partial charge in [0.15, 0.2) is 0 Å². The van der Waals surface area contributed by atoms with Crippen molar-refractivity contribution in [2.45, 2.75) is 25.4 Å². The van der Waals surface area contributed by atoms with Crippen molar-refractivity contribution in [2.24, 2.45) is 0 Å². The molecule has 0 aliphatic rings. The summed E-state index contributed by atoms with van der Waals surface area (Å²) in [5.74, 6) is 0.660. The first kappa shape index (κ1) is 10.9. The minimum Gasteiger partial charge on any atom is -0.385 e. The third kappa shape index (κ3) is 2.94. The summed E-state index contributed by atoms with van der Waals surface area (Å²) in [5, 5.41) is 9.79. The van der Waals surface area contributed by atoms with Crippen LogP contribution in [0.3, 0.4) is 0 Å². The maximum absolute atomic E-state index is 9.79. The molecule has 1 heterocycles. The summed E-state index contributed by atoms with van der Waals surface area (Å²) in [4.78, 5) is 6.96. The van der Waals surface area contributed by atoms with Gasteiger partial charge < -0.3 is 10.1 Å². The highest BCUT2D eigenvalue weighted by Crippen LogP contribution is 2.15. The Hall–Kier alpha value is -1.61. The van der Waals surface area contributed by atoms with Crippen molar-refractivity contribution >= 4 is 0 Å². The average molecular weight is 216 g/mol. The van der Waals surface area contributed by atoms with Gasteiger partial charge in [-0.2, -0.15) is 0 Å². The van der Waals surface area contributed by atoms with Gasteiger partial charge in [-0.15, -0.1) is 0 Å². The van der Waals surface area contributed by atoms with Crippen molar-refractivity contribution in [3.8, 4) is 0 Å². The van der Waals surface area contributed by atoms with E-state index in [1.54, 1.807) is 12.4 Å². The number of hydrogen-bond acceptors (Lipinski definition) is 2. The van der Waals surface area contributed by atoms with Crippen LogP contribution in [-0.4, -0.2) is 15.1 Å². The van der Waals surface area contributed by atoms with Crippen LogP contribution >= 0.6 is 0 Å². The molecule has 0 aliphatic heterocycles. The van der Waals surface area contributed by atoms with E-state index in [9.17, 15) is 5.11 Å². The van der Waals surface area contributed by atoms with E-state index < -0.39 is 6.10 Å². The van der Waals surface area contributed by atoms with Gasteiger partial charge >= 0.3 is 0 Å². The monoisotopic (exact) mass is 216 g/mol. The van der Waals surface area contributed by atoms with Gasteiger partial charge in [-0.3, -0.25) is 0 Å². The number of aliphatic hydroxyl groups excluding tert-OH is 1. The van der Waals surface area contributed by atoms with E-state index in [-0.39, 0.29) is 0 Å². The Morgan fingerprint density at radius 3 is 2.75 bits per heavy atom. The fourth-order valence-electron chi connectivity index (χ4n) is 1.74. The Bertz CT molecular complexity index is 397. The van der Waals surface area contributed by atoms with Crippen molar-refractivity contribution in [1.29, 1.82) is 0 Å². The standard InChI is InChI=1S/C13H16N2O/c16-12(13-14-9-10-15-13)8-4-7-11-5-2-1-3-6-11/h1-3,5-6,9-10,12,16H,4,7-8H2,(H,14,15). The zero-order chi connectivity index (χ0) is 11.2. The number of imidazole rings is 1. The molecule has 0 spiro atoms. The van der Waals surface area contributed by atoms with Crippen molar-refractivity contribution < 1.29 is 5.11 Å². The number of benzene rings is 1. The lowest BCUT2D eigenvalue weighted by molar-refractivity contribution is 0.156. The number of aliphatic hydroxyl groups is 1. The van der Waals surface area contributed by atoms with E-state index in [1.807, 2.05) is 18.2 Å². The predicted molar refractivity (Wildman–Crippen MR) is 62.9 cm³/mol. The first-order valence-corrected chi connectivity index (χ1v) is 5.57. The summed E-state index contributed by atoms with van der Waals surface area (Å²) in [5.41, 5.74) is 1.31. The van der Waals surface area contributed by atoms with E-state index in [0.717, 1.165) is 19.3 Å². The lowest BCUT2D eigenvalue weighted by atomic mass is 10.1. The third-order valence-corrected chi connectivity index (χ3v) is 2.62. The van der Waals surface area contributed by atoms with Crippen LogP contribution in [0.15, 0.2) is 42.7 Å². The van der Waals surface area contributed by atoms with Gasteiger partial charge in [-0.25, -0.2) is 4.98 Å². The number of aromatic nitrogens is 2. The van der Waals surface area contributed by atoms with Crippen LogP contribution in [0, 0.1) is 0 Å². The van der Waals surface area contributed by atoms with Gasteiger partial charge in [-0.05, 0) is 24.8 Å².